The van der Waals surface area contributed by atoms with E-state index < -0.39 is 5.41 Å². The van der Waals surface area contributed by atoms with E-state index in [4.69, 9.17) is 11.6 Å². The van der Waals surface area contributed by atoms with E-state index in [9.17, 15) is 10.5 Å². The van der Waals surface area contributed by atoms with E-state index in [-0.39, 0.29) is 0 Å². The molecule has 4 heteroatoms. The van der Waals surface area contributed by atoms with E-state index in [1.54, 1.807) is 36.6 Å². The number of hydrogen-bond donors (Lipinski definition) is 0. The van der Waals surface area contributed by atoms with Gasteiger partial charge in [-0.3, -0.25) is 0 Å². The lowest BCUT2D eigenvalue weighted by atomic mass is 9.75. The first-order chi connectivity index (χ1) is 9.01. The fraction of sp³-hybridized carbons (Fsp3) is 0.200. The van der Waals surface area contributed by atoms with Gasteiger partial charge in [0.1, 0.15) is 0 Å². The maximum atomic E-state index is 9.46. The molecule has 0 aliphatic rings. The Morgan fingerprint density at radius 2 is 2.05 bits per heavy atom. The van der Waals surface area contributed by atoms with E-state index in [0.717, 1.165) is 0 Å². The van der Waals surface area contributed by atoms with E-state index >= 15 is 0 Å². The Hall–Kier alpha value is -1.68. The summed E-state index contributed by atoms with van der Waals surface area (Å²) in [4.78, 5) is 0. The molecule has 0 saturated carbocycles. The second kappa shape index (κ2) is 6.48. The van der Waals surface area contributed by atoms with Crippen molar-refractivity contribution in [2.75, 3.05) is 6.26 Å². The number of nitriles is 2. The van der Waals surface area contributed by atoms with Crippen molar-refractivity contribution in [3.63, 3.8) is 0 Å². The SMILES string of the molecule is C=C(c1cccc(Cl)c1)C(C#N)(C#N)C(C)=CSC. The summed E-state index contributed by atoms with van der Waals surface area (Å²) in [5.41, 5.74) is 0.454. The highest BCUT2D eigenvalue weighted by Gasteiger charge is 2.36. The minimum Gasteiger partial charge on any atom is -0.196 e. The summed E-state index contributed by atoms with van der Waals surface area (Å²) in [6.07, 6.45) is 1.88. The quantitative estimate of drug-likeness (QED) is 0.810. The molecule has 0 amide bonds. The molecule has 0 saturated heterocycles. The lowest BCUT2D eigenvalue weighted by molar-refractivity contribution is 0.817. The first kappa shape index (κ1) is 15.4. The number of halogens is 1. The first-order valence-corrected chi connectivity index (χ1v) is 7.16. The van der Waals surface area contributed by atoms with Gasteiger partial charge in [-0.1, -0.05) is 30.3 Å². The highest BCUT2D eigenvalue weighted by Crippen LogP contribution is 2.40. The van der Waals surface area contributed by atoms with Gasteiger partial charge in [0.25, 0.3) is 0 Å². The number of hydrogen-bond acceptors (Lipinski definition) is 3. The molecule has 0 radical (unpaired) electrons. The van der Waals surface area contributed by atoms with Crippen molar-refractivity contribution in [2.45, 2.75) is 6.92 Å². The summed E-state index contributed by atoms with van der Waals surface area (Å²) in [5.74, 6) is 0. The van der Waals surface area contributed by atoms with Crippen LogP contribution in [0.3, 0.4) is 0 Å². The third kappa shape index (κ3) is 3.01. The van der Waals surface area contributed by atoms with Crippen molar-refractivity contribution >= 4 is 28.9 Å². The molecular formula is C15H13ClN2S. The van der Waals surface area contributed by atoms with E-state index in [0.29, 0.717) is 21.7 Å². The topological polar surface area (TPSA) is 47.6 Å². The summed E-state index contributed by atoms with van der Waals surface area (Å²) in [5, 5.41) is 21.3. The highest BCUT2D eigenvalue weighted by atomic mass is 35.5. The van der Waals surface area contributed by atoms with Crippen LogP contribution in [-0.2, 0) is 0 Å². The molecule has 0 heterocycles. The van der Waals surface area contributed by atoms with E-state index in [1.807, 2.05) is 6.26 Å². The molecule has 96 valence electrons. The molecule has 19 heavy (non-hydrogen) atoms. The van der Waals surface area contributed by atoms with Crippen molar-refractivity contribution in [2.24, 2.45) is 5.41 Å². The molecular weight excluding hydrogens is 276 g/mol. The fourth-order valence-electron chi connectivity index (χ4n) is 1.73. The van der Waals surface area contributed by atoms with Crippen LogP contribution in [0.5, 0.6) is 0 Å². The van der Waals surface area contributed by atoms with Gasteiger partial charge in [0.15, 0.2) is 5.41 Å². The van der Waals surface area contributed by atoms with Crippen LogP contribution in [0.1, 0.15) is 12.5 Å². The standard InChI is InChI=1S/C15H13ClN2S/c1-11(8-19-3)15(9-17,10-18)12(2)13-5-4-6-14(16)7-13/h4-8H,2H2,1,3H3. The second-order valence-corrected chi connectivity index (χ2v) is 5.14. The molecule has 1 rings (SSSR count). The molecule has 0 atom stereocenters. The summed E-state index contributed by atoms with van der Waals surface area (Å²) in [6.45, 7) is 5.69. The van der Waals surface area contributed by atoms with Gasteiger partial charge in [0, 0.05) is 5.02 Å². The van der Waals surface area contributed by atoms with Gasteiger partial charge in [-0.25, -0.2) is 0 Å². The lowest BCUT2D eigenvalue weighted by Gasteiger charge is -2.22. The van der Waals surface area contributed by atoms with E-state index in [2.05, 4.69) is 18.7 Å². The Morgan fingerprint density at radius 1 is 1.42 bits per heavy atom. The molecule has 0 unspecified atom stereocenters. The van der Waals surface area contributed by atoms with Crippen molar-refractivity contribution in [1.29, 1.82) is 10.5 Å². The lowest BCUT2D eigenvalue weighted by Crippen LogP contribution is -2.19. The van der Waals surface area contributed by atoms with Crippen molar-refractivity contribution < 1.29 is 0 Å². The van der Waals surface area contributed by atoms with E-state index in [1.165, 1.54) is 11.8 Å². The molecule has 2 nitrogen and oxygen atoms in total. The van der Waals surface area contributed by atoms with Gasteiger partial charge in [0.2, 0.25) is 0 Å². The van der Waals surface area contributed by atoms with Gasteiger partial charge < -0.3 is 0 Å². The molecule has 0 spiro atoms. The summed E-state index contributed by atoms with van der Waals surface area (Å²) in [7, 11) is 0. The average Bonchev–Trinajstić information content (AvgIpc) is 2.41. The molecule has 0 aliphatic heterocycles. The number of benzene rings is 1. The summed E-state index contributed by atoms with van der Waals surface area (Å²) >= 11 is 7.39. The minimum absolute atomic E-state index is 0.447. The predicted octanol–water partition coefficient (Wildman–Crippen LogP) is 4.65. The van der Waals surface area contributed by atoms with Crippen LogP contribution in [0, 0.1) is 28.1 Å². The Morgan fingerprint density at radius 3 is 2.53 bits per heavy atom. The Bertz CT molecular complexity index is 591. The van der Waals surface area contributed by atoms with Gasteiger partial charge >= 0.3 is 0 Å². The van der Waals surface area contributed by atoms with Crippen LogP contribution < -0.4 is 0 Å². The Kier molecular flexibility index (Phi) is 5.24. The smallest absolute Gasteiger partial charge is 0.190 e. The van der Waals surface area contributed by atoms with Crippen LogP contribution in [0.2, 0.25) is 5.02 Å². The fourth-order valence-corrected chi connectivity index (χ4v) is 2.45. The first-order valence-electron chi connectivity index (χ1n) is 5.49. The predicted molar refractivity (Wildman–Crippen MR) is 81.4 cm³/mol. The zero-order valence-electron chi connectivity index (χ0n) is 10.8. The van der Waals surface area contributed by atoms with Crippen molar-refractivity contribution in [1.82, 2.24) is 0 Å². The molecule has 0 bridgehead atoms. The maximum Gasteiger partial charge on any atom is 0.190 e. The molecule has 1 aromatic rings. The summed E-state index contributed by atoms with van der Waals surface area (Å²) in [6, 6.07) is 11.2. The summed E-state index contributed by atoms with van der Waals surface area (Å²) < 4.78 is 0. The van der Waals surface area contributed by atoms with Gasteiger partial charge in [0.05, 0.1) is 12.1 Å². The van der Waals surface area contributed by atoms with Crippen LogP contribution in [-0.4, -0.2) is 6.26 Å². The largest absolute Gasteiger partial charge is 0.196 e. The molecule has 0 aliphatic carbocycles. The zero-order chi connectivity index (χ0) is 14.5. The van der Waals surface area contributed by atoms with Gasteiger partial charge in [-0.2, -0.15) is 10.5 Å². The zero-order valence-corrected chi connectivity index (χ0v) is 12.3. The number of nitrogens with zero attached hydrogens (tertiary/aromatic N) is 2. The number of allylic oxidation sites excluding steroid dienone is 2. The number of thioether (sulfide) groups is 1. The van der Waals surface area contributed by atoms with Crippen LogP contribution >= 0.6 is 23.4 Å². The van der Waals surface area contributed by atoms with Crippen LogP contribution in [0.4, 0.5) is 0 Å². The second-order valence-electron chi connectivity index (χ2n) is 4.00. The Labute approximate surface area is 123 Å². The van der Waals surface area contributed by atoms with Gasteiger partial charge in [-0.15, -0.1) is 11.8 Å². The third-order valence-corrected chi connectivity index (χ3v) is 3.67. The molecule has 0 N–H and O–H groups in total. The van der Waals surface area contributed by atoms with Crippen LogP contribution in [0.25, 0.3) is 5.57 Å². The third-order valence-electron chi connectivity index (χ3n) is 2.85. The molecule has 0 aromatic heterocycles. The van der Waals surface area contributed by atoms with Crippen LogP contribution in [0.15, 0.2) is 41.8 Å². The number of rotatable bonds is 4. The average molecular weight is 289 g/mol. The maximum absolute atomic E-state index is 9.46. The highest BCUT2D eigenvalue weighted by molar-refractivity contribution is 8.01. The normalized spacial score (nSPS) is 11.5. The minimum atomic E-state index is -1.35. The molecule has 0 fully saturated rings. The monoisotopic (exact) mass is 288 g/mol. The van der Waals surface area contributed by atoms with Crippen molar-refractivity contribution in [3.05, 3.63) is 52.4 Å². The van der Waals surface area contributed by atoms with Gasteiger partial charge in [-0.05, 0) is 47.4 Å². The Balaban J connectivity index is 3.38. The molecule has 1 aromatic carbocycles. The van der Waals surface area contributed by atoms with Crippen molar-refractivity contribution in [3.8, 4) is 12.1 Å².